The van der Waals surface area contributed by atoms with Crippen molar-refractivity contribution in [2.45, 2.75) is 32.0 Å². The molecule has 1 atom stereocenters. The van der Waals surface area contributed by atoms with Crippen molar-refractivity contribution in [3.8, 4) is 0 Å². The van der Waals surface area contributed by atoms with E-state index < -0.39 is 23.5 Å². The van der Waals surface area contributed by atoms with Gasteiger partial charge in [-0.05, 0) is 43.9 Å². The molecule has 8 heteroatoms. The molecule has 0 aromatic heterocycles. The Balaban J connectivity index is 0.00000264. The first-order valence-corrected chi connectivity index (χ1v) is 7.11. The number of benzene rings is 1. The number of piperidine rings is 1. The number of hydrogen-bond acceptors (Lipinski definition) is 2. The molecule has 0 aliphatic carbocycles. The first kappa shape index (κ1) is 19.7. The fourth-order valence-electron chi connectivity index (χ4n) is 2.69. The lowest BCUT2D eigenvalue weighted by atomic mass is 9.90. The molecule has 3 nitrogen and oxygen atoms in total. The van der Waals surface area contributed by atoms with E-state index in [1.54, 1.807) is 0 Å². The Morgan fingerprint density at radius 3 is 2.35 bits per heavy atom. The predicted molar refractivity (Wildman–Crippen MR) is 80.9 cm³/mol. The largest absolute Gasteiger partial charge is 0.419 e. The van der Waals surface area contributed by atoms with E-state index in [1.807, 2.05) is 6.92 Å². The minimum absolute atomic E-state index is 0. The van der Waals surface area contributed by atoms with E-state index in [9.17, 15) is 22.4 Å². The molecule has 1 saturated heterocycles. The molecule has 130 valence electrons. The third-order valence-electron chi connectivity index (χ3n) is 4.09. The van der Waals surface area contributed by atoms with Gasteiger partial charge in [-0.3, -0.25) is 4.79 Å². The van der Waals surface area contributed by atoms with E-state index in [-0.39, 0.29) is 24.0 Å². The van der Waals surface area contributed by atoms with Crippen LogP contribution in [0.1, 0.15) is 35.7 Å². The van der Waals surface area contributed by atoms with Crippen LogP contribution >= 0.6 is 12.4 Å². The summed E-state index contributed by atoms with van der Waals surface area (Å²) in [6.07, 6.45) is -3.38. The van der Waals surface area contributed by atoms with Crippen LogP contribution in [-0.2, 0) is 6.18 Å². The van der Waals surface area contributed by atoms with Gasteiger partial charge < -0.3 is 10.6 Å². The van der Waals surface area contributed by atoms with Crippen molar-refractivity contribution < 1.29 is 22.4 Å². The maximum Gasteiger partial charge on any atom is 0.419 e. The van der Waals surface area contributed by atoms with Gasteiger partial charge in [-0.25, -0.2) is 4.39 Å². The van der Waals surface area contributed by atoms with Gasteiger partial charge in [0, 0.05) is 24.7 Å². The number of amides is 1. The summed E-state index contributed by atoms with van der Waals surface area (Å²) in [6.45, 7) is 2.80. The van der Waals surface area contributed by atoms with E-state index in [4.69, 9.17) is 5.73 Å². The zero-order valence-electron chi connectivity index (χ0n) is 12.6. The third-order valence-corrected chi connectivity index (χ3v) is 4.09. The number of nitrogens with two attached hydrogens (primary N) is 1. The second kappa shape index (κ2) is 7.49. The fraction of sp³-hybridized carbons (Fsp3) is 0.533. The Labute approximate surface area is 138 Å². The van der Waals surface area contributed by atoms with Gasteiger partial charge in [-0.2, -0.15) is 13.2 Å². The zero-order valence-corrected chi connectivity index (χ0v) is 13.4. The van der Waals surface area contributed by atoms with Gasteiger partial charge >= 0.3 is 6.18 Å². The molecule has 1 aromatic rings. The summed E-state index contributed by atoms with van der Waals surface area (Å²) >= 11 is 0. The smallest absolute Gasteiger partial charge is 0.339 e. The van der Waals surface area contributed by atoms with Crippen molar-refractivity contribution in [2.24, 2.45) is 11.7 Å². The monoisotopic (exact) mass is 354 g/mol. The van der Waals surface area contributed by atoms with Crippen LogP contribution in [0, 0.1) is 11.7 Å². The second-order valence-corrected chi connectivity index (χ2v) is 5.68. The maximum atomic E-state index is 13.3. The number of hydrogen-bond donors (Lipinski definition) is 1. The SMILES string of the molecule is CC(N)C1CCN(C(=O)c2ccc(F)c(C(F)(F)F)c2)CC1.Cl. The van der Waals surface area contributed by atoms with Crippen LogP contribution in [-0.4, -0.2) is 29.9 Å². The van der Waals surface area contributed by atoms with Crippen LogP contribution in [0.15, 0.2) is 18.2 Å². The highest BCUT2D eigenvalue weighted by atomic mass is 35.5. The molecule has 0 bridgehead atoms. The number of likely N-dealkylation sites (tertiary alicyclic amines) is 1. The maximum absolute atomic E-state index is 13.3. The first-order valence-electron chi connectivity index (χ1n) is 7.11. The van der Waals surface area contributed by atoms with Crippen molar-refractivity contribution in [3.63, 3.8) is 0 Å². The average Bonchev–Trinajstić information content (AvgIpc) is 2.46. The molecule has 2 rings (SSSR count). The van der Waals surface area contributed by atoms with Gasteiger partial charge in [-0.1, -0.05) is 0 Å². The molecule has 1 fully saturated rings. The van der Waals surface area contributed by atoms with Crippen LogP contribution in [0.25, 0.3) is 0 Å². The van der Waals surface area contributed by atoms with E-state index >= 15 is 0 Å². The Hall–Kier alpha value is -1.34. The molecule has 0 saturated carbocycles. The highest BCUT2D eigenvalue weighted by Gasteiger charge is 2.35. The summed E-state index contributed by atoms with van der Waals surface area (Å²) in [4.78, 5) is 13.8. The van der Waals surface area contributed by atoms with Crippen LogP contribution in [0.2, 0.25) is 0 Å². The van der Waals surface area contributed by atoms with Crippen LogP contribution in [0.4, 0.5) is 17.6 Å². The van der Waals surface area contributed by atoms with Crippen LogP contribution in [0.3, 0.4) is 0 Å². The minimum atomic E-state index is -4.82. The molecule has 1 heterocycles. The van der Waals surface area contributed by atoms with E-state index in [1.165, 1.54) is 4.90 Å². The summed E-state index contributed by atoms with van der Waals surface area (Å²) in [6, 6.07) is 2.38. The van der Waals surface area contributed by atoms with Crippen LogP contribution in [0.5, 0.6) is 0 Å². The molecular weight excluding hydrogens is 336 g/mol. The molecule has 1 amide bonds. The van der Waals surface area contributed by atoms with E-state index in [0.717, 1.165) is 18.9 Å². The quantitative estimate of drug-likeness (QED) is 0.827. The third kappa shape index (κ3) is 4.57. The summed E-state index contributed by atoms with van der Waals surface area (Å²) in [5, 5.41) is 0. The highest BCUT2D eigenvalue weighted by molar-refractivity contribution is 5.94. The van der Waals surface area contributed by atoms with Crippen molar-refractivity contribution >= 4 is 18.3 Å². The fourth-order valence-corrected chi connectivity index (χ4v) is 2.69. The lowest BCUT2D eigenvalue weighted by Crippen LogP contribution is -2.42. The molecule has 0 spiro atoms. The van der Waals surface area contributed by atoms with Crippen molar-refractivity contribution in [1.29, 1.82) is 0 Å². The Kier molecular flexibility index (Phi) is 6.41. The zero-order chi connectivity index (χ0) is 16.5. The summed E-state index contributed by atoms with van der Waals surface area (Å²) < 4.78 is 51.3. The number of halogens is 5. The lowest BCUT2D eigenvalue weighted by molar-refractivity contribution is -0.140. The number of alkyl halides is 3. The second-order valence-electron chi connectivity index (χ2n) is 5.68. The number of carbonyl (C=O) groups is 1. The summed E-state index contributed by atoms with van der Waals surface area (Å²) in [7, 11) is 0. The number of rotatable bonds is 2. The molecule has 1 aliphatic heterocycles. The summed E-state index contributed by atoms with van der Waals surface area (Å²) in [5.41, 5.74) is 4.26. The predicted octanol–water partition coefficient (Wildman–Crippen LogP) is 3.47. The highest BCUT2D eigenvalue weighted by Crippen LogP contribution is 2.32. The van der Waals surface area contributed by atoms with Crippen molar-refractivity contribution in [3.05, 3.63) is 35.1 Å². The number of nitrogens with zero attached hydrogens (tertiary/aromatic N) is 1. The molecule has 2 N–H and O–H groups in total. The molecule has 1 aromatic carbocycles. The Morgan fingerprint density at radius 1 is 1.30 bits per heavy atom. The number of carbonyl (C=O) groups excluding carboxylic acids is 1. The molecule has 1 unspecified atom stereocenters. The van der Waals surface area contributed by atoms with E-state index in [0.29, 0.717) is 31.1 Å². The van der Waals surface area contributed by atoms with Gasteiger partial charge in [0.05, 0.1) is 5.56 Å². The Morgan fingerprint density at radius 2 is 1.87 bits per heavy atom. The van der Waals surface area contributed by atoms with Gasteiger partial charge in [0.1, 0.15) is 5.82 Å². The Bertz CT molecular complexity index is 555. The minimum Gasteiger partial charge on any atom is -0.339 e. The normalized spacial score (nSPS) is 17.6. The topological polar surface area (TPSA) is 46.3 Å². The van der Waals surface area contributed by atoms with Gasteiger partial charge in [-0.15, -0.1) is 12.4 Å². The van der Waals surface area contributed by atoms with Gasteiger partial charge in [0.15, 0.2) is 0 Å². The molecule has 0 radical (unpaired) electrons. The van der Waals surface area contributed by atoms with Gasteiger partial charge in [0.25, 0.3) is 5.91 Å². The standard InChI is InChI=1S/C15H18F4N2O.ClH/c1-9(20)10-4-6-21(7-5-10)14(22)11-2-3-13(16)12(8-11)15(17,18)19;/h2-3,8-10H,4-7,20H2,1H3;1H. The summed E-state index contributed by atoms with van der Waals surface area (Å²) in [5.74, 6) is -1.57. The molecule has 23 heavy (non-hydrogen) atoms. The van der Waals surface area contributed by atoms with Gasteiger partial charge in [0.2, 0.25) is 0 Å². The van der Waals surface area contributed by atoms with E-state index in [2.05, 4.69) is 0 Å². The van der Waals surface area contributed by atoms with Crippen LogP contribution < -0.4 is 5.73 Å². The first-order chi connectivity index (χ1) is 10.2. The van der Waals surface area contributed by atoms with Crippen molar-refractivity contribution in [2.75, 3.05) is 13.1 Å². The van der Waals surface area contributed by atoms with Crippen molar-refractivity contribution in [1.82, 2.24) is 4.90 Å². The molecular formula is C15H19ClF4N2O. The molecule has 1 aliphatic rings. The lowest BCUT2D eigenvalue weighted by Gasteiger charge is -2.33. The average molecular weight is 355 g/mol.